The molecular weight excluding hydrogens is 348 g/mol. The van der Waals surface area contributed by atoms with E-state index in [2.05, 4.69) is 10.6 Å². The van der Waals surface area contributed by atoms with E-state index in [1.165, 1.54) is 12.1 Å². The molecule has 0 saturated carbocycles. The van der Waals surface area contributed by atoms with Crippen LogP contribution >= 0.6 is 23.4 Å². The van der Waals surface area contributed by atoms with Gasteiger partial charge in [0.25, 0.3) is 0 Å². The predicted molar refractivity (Wildman–Crippen MR) is 95.8 cm³/mol. The molecule has 3 amide bonds. The van der Waals surface area contributed by atoms with Crippen LogP contribution in [0, 0.1) is 0 Å². The molecule has 24 heavy (non-hydrogen) atoms. The highest BCUT2D eigenvalue weighted by Gasteiger charge is 2.14. The van der Waals surface area contributed by atoms with Crippen molar-refractivity contribution in [1.29, 1.82) is 0 Å². The SMILES string of the molecule is CSc1ccc(NC(=O)NC(=O)CC(=O)c2ccc(Cl)cc2)cc1. The lowest BCUT2D eigenvalue weighted by atomic mass is 10.1. The number of amides is 3. The third kappa shape index (κ3) is 5.40. The fraction of sp³-hybridized carbons (Fsp3) is 0.118. The van der Waals surface area contributed by atoms with Gasteiger partial charge in [-0.05, 0) is 54.8 Å². The van der Waals surface area contributed by atoms with E-state index in [9.17, 15) is 14.4 Å². The highest BCUT2D eigenvalue weighted by Crippen LogP contribution is 2.17. The van der Waals surface area contributed by atoms with Crippen LogP contribution in [0.5, 0.6) is 0 Å². The number of benzene rings is 2. The lowest BCUT2D eigenvalue weighted by Crippen LogP contribution is -2.35. The van der Waals surface area contributed by atoms with Crippen LogP contribution in [0.15, 0.2) is 53.4 Å². The van der Waals surface area contributed by atoms with Gasteiger partial charge in [0.15, 0.2) is 5.78 Å². The number of nitrogens with one attached hydrogen (secondary N) is 2. The lowest BCUT2D eigenvalue weighted by Gasteiger charge is -2.07. The van der Waals surface area contributed by atoms with Crippen LogP contribution in [0.1, 0.15) is 16.8 Å². The molecule has 0 fully saturated rings. The van der Waals surface area contributed by atoms with Crippen molar-refractivity contribution >= 4 is 46.8 Å². The Bertz CT molecular complexity index is 745. The zero-order valence-corrected chi connectivity index (χ0v) is 14.4. The first kappa shape index (κ1) is 18.0. The average Bonchev–Trinajstić information content (AvgIpc) is 2.55. The molecule has 0 atom stereocenters. The topological polar surface area (TPSA) is 75.3 Å². The van der Waals surface area contributed by atoms with E-state index in [4.69, 9.17) is 11.6 Å². The van der Waals surface area contributed by atoms with Gasteiger partial charge in [-0.2, -0.15) is 0 Å². The van der Waals surface area contributed by atoms with Gasteiger partial charge in [0.1, 0.15) is 0 Å². The summed E-state index contributed by atoms with van der Waals surface area (Å²) < 4.78 is 0. The number of ketones is 1. The molecule has 124 valence electrons. The maximum atomic E-state index is 11.9. The minimum Gasteiger partial charge on any atom is -0.308 e. The summed E-state index contributed by atoms with van der Waals surface area (Å²) in [6.45, 7) is 0. The minimum absolute atomic E-state index is 0.364. The van der Waals surface area contributed by atoms with Crippen molar-refractivity contribution in [3.63, 3.8) is 0 Å². The maximum absolute atomic E-state index is 11.9. The molecule has 2 rings (SSSR count). The summed E-state index contributed by atoms with van der Waals surface area (Å²) in [5, 5.41) is 5.17. The fourth-order valence-electron chi connectivity index (χ4n) is 1.89. The number of rotatable bonds is 5. The molecule has 2 aromatic rings. The Balaban J connectivity index is 1.85. The second kappa shape index (κ2) is 8.52. The molecule has 5 nitrogen and oxygen atoms in total. The molecule has 0 saturated heterocycles. The molecular formula is C17H15ClN2O3S. The van der Waals surface area contributed by atoms with Gasteiger partial charge >= 0.3 is 6.03 Å². The number of urea groups is 1. The van der Waals surface area contributed by atoms with Gasteiger partial charge in [0.05, 0.1) is 6.42 Å². The van der Waals surface area contributed by atoms with Gasteiger partial charge in [-0.1, -0.05) is 11.6 Å². The standard InChI is InChI=1S/C17H15ClN2O3S/c1-24-14-8-6-13(7-9-14)19-17(23)20-16(22)10-15(21)11-2-4-12(18)5-3-11/h2-9H,10H2,1H3,(H2,19,20,22,23). The normalized spacial score (nSPS) is 10.1. The van der Waals surface area contributed by atoms with Crippen LogP contribution in [0.4, 0.5) is 10.5 Å². The van der Waals surface area contributed by atoms with Gasteiger partial charge in [-0.25, -0.2) is 4.79 Å². The van der Waals surface area contributed by atoms with E-state index in [1.54, 1.807) is 36.0 Å². The molecule has 2 aromatic carbocycles. The van der Waals surface area contributed by atoms with Gasteiger partial charge in [-0.3, -0.25) is 14.9 Å². The van der Waals surface area contributed by atoms with Crippen LogP contribution in [0.2, 0.25) is 5.02 Å². The van der Waals surface area contributed by atoms with Crippen LogP contribution in [-0.4, -0.2) is 24.0 Å². The van der Waals surface area contributed by atoms with Crippen LogP contribution in [0.3, 0.4) is 0 Å². The second-order valence-corrected chi connectivity index (χ2v) is 6.15. The summed E-state index contributed by atoms with van der Waals surface area (Å²) in [6.07, 6.45) is 1.53. The van der Waals surface area contributed by atoms with Crippen molar-refractivity contribution in [2.45, 2.75) is 11.3 Å². The quantitative estimate of drug-likeness (QED) is 0.479. The fourth-order valence-corrected chi connectivity index (χ4v) is 2.43. The average molecular weight is 363 g/mol. The summed E-state index contributed by atoms with van der Waals surface area (Å²) in [5.41, 5.74) is 0.921. The van der Waals surface area contributed by atoms with E-state index >= 15 is 0 Å². The van der Waals surface area contributed by atoms with Crippen LogP contribution in [-0.2, 0) is 4.79 Å². The zero-order chi connectivity index (χ0) is 17.5. The molecule has 0 aliphatic carbocycles. The number of hydrogen-bond donors (Lipinski definition) is 2. The number of halogens is 1. The van der Waals surface area contributed by atoms with Crippen molar-refractivity contribution in [1.82, 2.24) is 5.32 Å². The first-order valence-electron chi connectivity index (χ1n) is 7.01. The third-order valence-electron chi connectivity index (χ3n) is 3.09. The zero-order valence-electron chi connectivity index (χ0n) is 12.8. The molecule has 0 spiro atoms. The van der Waals surface area contributed by atoms with Crippen LogP contribution < -0.4 is 10.6 Å². The lowest BCUT2D eigenvalue weighted by molar-refractivity contribution is -0.119. The number of Topliss-reactive ketones (excluding diaryl/α,β-unsaturated/α-hetero) is 1. The Labute approximate surface area is 148 Å². The van der Waals surface area contributed by atoms with Crippen molar-refractivity contribution in [2.24, 2.45) is 0 Å². The number of imide groups is 1. The summed E-state index contributed by atoms with van der Waals surface area (Å²) >= 11 is 7.33. The second-order valence-electron chi connectivity index (χ2n) is 4.84. The largest absolute Gasteiger partial charge is 0.325 e. The molecule has 0 aliphatic rings. The monoisotopic (exact) mass is 362 g/mol. The van der Waals surface area contributed by atoms with Crippen molar-refractivity contribution in [3.05, 3.63) is 59.1 Å². The Kier molecular flexibility index (Phi) is 6.40. The van der Waals surface area contributed by atoms with Crippen LogP contribution in [0.25, 0.3) is 0 Å². The highest BCUT2D eigenvalue weighted by atomic mass is 35.5. The minimum atomic E-state index is -0.680. The number of carbonyl (C=O) groups excluding carboxylic acids is 3. The smallest absolute Gasteiger partial charge is 0.308 e. The molecule has 0 aliphatic heterocycles. The number of carbonyl (C=O) groups is 3. The first-order chi connectivity index (χ1) is 11.5. The van der Waals surface area contributed by atoms with E-state index in [1.807, 2.05) is 18.4 Å². The van der Waals surface area contributed by atoms with Gasteiger partial charge in [0, 0.05) is 21.2 Å². The van der Waals surface area contributed by atoms with E-state index in [0.717, 1.165) is 4.90 Å². The van der Waals surface area contributed by atoms with Crippen molar-refractivity contribution in [3.8, 4) is 0 Å². The maximum Gasteiger partial charge on any atom is 0.325 e. The molecule has 0 bridgehead atoms. The molecule has 7 heteroatoms. The molecule has 0 aromatic heterocycles. The highest BCUT2D eigenvalue weighted by molar-refractivity contribution is 7.98. The predicted octanol–water partition coefficient (Wildman–Crippen LogP) is 3.98. The third-order valence-corrected chi connectivity index (χ3v) is 4.08. The number of anilines is 1. The molecule has 0 radical (unpaired) electrons. The van der Waals surface area contributed by atoms with Crippen molar-refractivity contribution in [2.75, 3.05) is 11.6 Å². The van der Waals surface area contributed by atoms with E-state index in [-0.39, 0.29) is 5.78 Å². The van der Waals surface area contributed by atoms with Gasteiger partial charge < -0.3 is 5.32 Å². The van der Waals surface area contributed by atoms with E-state index in [0.29, 0.717) is 16.3 Å². The summed E-state index contributed by atoms with van der Waals surface area (Å²) in [7, 11) is 0. The Morgan fingerprint density at radius 1 is 1.00 bits per heavy atom. The first-order valence-corrected chi connectivity index (χ1v) is 8.62. The molecule has 0 heterocycles. The molecule has 0 unspecified atom stereocenters. The van der Waals surface area contributed by atoms with Gasteiger partial charge in [0.2, 0.25) is 5.91 Å². The Morgan fingerprint density at radius 2 is 1.62 bits per heavy atom. The Hall–Kier alpha value is -2.31. The Morgan fingerprint density at radius 3 is 2.21 bits per heavy atom. The summed E-state index contributed by atoms with van der Waals surface area (Å²) in [4.78, 5) is 36.5. The van der Waals surface area contributed by atoms with Gasteiger partial charge in [-0.15, -0.1) is 11.8 Å². The summed E-state index contributed by atoms with van der Waals surface area (Å²) in [6, 6.07) is 12.7. The number of hydrogen-bond acceptors (Lipinski definition) is 4. The van der Waals surface area contributed by atoms with E-state index < -0.39 is 18.4 Å². The van der Waals surface area contributed by atoms with Crippen molar-refractivity contribution < 1.29 is 14.4 Å². The summed E-state index contributed by atoms with van der Waals surface area (Å²) in [5.74, 6) is -1.06. The number of thioether (sulfide) groups is 1. The molecule has 2 N–H and O–H groups in total.